The second kappa shape index (κ2) is 23.6. The Morgan fingerprint density at radius 3 is 1.53 bits per heavy atom. The number of carbonyl (C=O) groups excluding carboxylic acids is 2. The highest BCUT2D eigenvalue weighted by molar-refractivity contribution is 5.77. The molecule has 0 spiro atoms. The molecule has 2 heterocycles. The summed E-state index contributed by atoms with van der Waals surface area (Å²) in [4.78, 5) is 26.1. The lowest BCUT2D eigenvalue weighted by Crippen LogP contribution is -2.52. The van der Waals surface area contributed by atoms with Crippen LogP contribution in [0.15, 0.2) is 42.5 Å². The predicted octanol–water partition coefficient (Wildman–Crippen LogP) is 7.81. The second-order valence-corrected chi connectivity index (χ2v) is 18.3. The molecule has 4 unspecified atom stereocenters. The third-order valence-electron chi connectivity index (χ3n) is 14.2. The third-order valence-corrected chi connectivity index (χ3v) is 14.2. The molecule has 4 atom stereocenters. The number of methoxy groups -OCH3 is 10. The van der Waals surface area contributed by atoms with E-state index in [0.29, 0.717) is 98.8 Å². The molecule has 0 fully saturated rings. The van der Waals surface area contributed by atoms with E-state index in [9.17, 15) is 9.59 Å². The highest BCUT2D eigenvalue weighted by Gasteiger charge is 2.45. The van der Waals surface area contributed by atoms with Gasteiger partial charge in [0.2, 0.25) is 11.5 Å². The molecule has 0 saturated carbocycles. The molecular weight excluding hydrogens is 901 g/mol. The molecular formula is C54H74N2O14+2. The largest absolute Gasteiger partial charge is 0.493 e. The summed E-state index contributed by atoms with van der Waals surface area (Å²) in [5.74, 6) is 5.22. The molecule has 0 N–H and O–H groups in total. The summed E-state index contributed by atoms with van der Waals surface area (Å²) in [5.41, 5.74) is 7.45. The van der Waals surface area contributed by atoms with Crippen LogP contribution in [0, 0.1) is 6.92 Å². The van der Waals surface area contributed by atoms with Crippen molar-refractivity contribution in [2.45, 2.75) is 64.0 Å². The molecule has 0 aromatic heterocycles. The van der Waals surface area contributed by atoms with E-state index in [1.165, 1.54) is 5.56 Å². The van der Waals surface area contributed by atoms with E-state index in [-0.39, 0.29) is 38.1 Å². The summed E-state index contributed by atoms with van der Waals surface area (Å²) in [7, 11) is 20.7. The quantitative estimate of drug-likeness (QED) is 0.0382. The molecule has 16 nitrogen and oxygen atoms in total. The molecule has 4 aromatic carbocycles. The first-order chi connectivity index (χ1) is 33.7. The molecule has 382 valence electrons. The van der Waals surface area contributed by atoms with Crippen LogP contribution in [-0.2, 0) is 38.3 Å². The Morgan fingerprint density at radius 1 is 0.514 bits per heavy atom. The van der Waals surface area contributed by atoms with E-state index in [2.05, 4.69) is 26.2 Å². The zero-order valence-electron chi connectivity index (χ0n) is 43.5. The standard InChI is InChI=1S/C54H74N2O14/c1-34-28-36-21-25-56(3,49(48(36)54(68-13)50(34)64-9)38-16-17-40(59-4)41(33-38)60-5)23-15-27-70-46(58)19-18-45(57)69-26-14-22-55(2)24-20-37-32-44(63-8)52(66-11)53(67-12)47(37)39(55)29-35-30-42(61-6)51(65-10)43(31-35)62-7/h16-17,28,30-33,39,49H,14-15,18-27,29H2,1-13H3/q+2. The van der Waals surface area contributed by atoms with Crippen molar-refractivity contribution in [1.82, 2.24) is 0 Å². The maximum atomic E-state index is 13.0. The van der Waals surface area contributed by atoms with Gasteiger partial charge in [-0.05, 0) is 65.6 Å². The van der Waals surface area contributed by atoms with Crippen molar-refractivity contribution in [3.63, 3.8) is 0 Å². The fraction of sp³-hybridized carbons (Fsp3) is 0.519. The number of hydrogen-bond donors (Lipinski definition) is 0. The Balaban J connectivity index is 1.07. The number of fused-ring (bicyclic) bond motifs is 2. The SMILES string of the molecule is COc1ccc(C2c3c(cc(C)c(OC)c3OC)CC[N+]2(C)CCCOC(=O)CCC(=O)OCCC[N+]2(C)CCc3cc(OC)c(OC)c(OC)c3C2Cc2cc(OC)c(OC)c(OC)c2)cc1OC. The molecule has 0 amide bonds. The van der Waals surface area contributed by atoms with Gasteiger partial charge in [0.15, 0.2) is 46.0 Å². The van der Waals surface area contributed by atoms with Gasteiger partial charge in [0, 0.05) is 37.7 Å². The fourth-order valence-corrected chi connectivity index (χ4v) is 10.7. The summed E-state index contributed by atoms with van der Waals surface area (Å²) >= 11 is 0. The molecule has 0 radical (unpaired) electrons. The number of nitrogens with zero attached hydrogens (tertiary/aromatic N) is 2. The van der Waals surface area contributed by atoms with E-state index >= 15 is 0 Å². The Hall–Kier alpha value is -6.26. The van der Waals surface area contributed by atoms with Gasteiger partial charge in [-0.3, -0.25) is 9.59 Å². The van der Waals surface area contributed by atoms with E-state index < -0.39 is 11.9 Å². The smallest absolute Gasteiger partial charge is 0.306 e. The van der Waals surface area contributed by atoms with Crippen LogP contribution in [-0.4, -0.2) is 145 Å². The number of likely N-dealkylation sites (N-methyl/N-ethyl adjacent to an activating group) is 2. The molecule has 6 rings (SSSR count). The average Bonchev–Trinajstić information content (AvgIpc) is 3.37. The number of rotatable bonds is 24. The minimum Gasteiger partial charge on any atom is -0.493 e. The second-order valence-electron chi connectivity index (χ2n) is 18.3. The number of esters is 2. The van der Waals surface area contributed by atoms with Gasteiger partial charge in [-0.15, -0.1) is 0 Å². The summed E-state index contributed by atoms with van der Waals surface area (Å²) in [5, 5.41) is 0. The van der Waals surface area contributed by atoms with Crippen LogP contribution in [0.5, 0.6) is 57.5 Å². The number of aryl methyl sites for hydroxylation is 1. The summed E-state index contributed by atoms with van der Waals surface area (Å²) in [6.45, 7) is 5.49. The lowest BCUT2D eigenvalue weighted by molar-refractivity contribution is -0.941. The van der Waals surface area contributed by atoms with Crippen LogP contribution in [0.2, 0.25) is 0 Å². The highest BCUT2D eigenvalue weighted by atomic mass is 16.6. The Bertz CT molecular complexity index is 2450. The molecule has 0 bridgehead atoms. The van der Waals surface area contributed by atoms with Crippen molar-refractivity contribution in [2.75, 3.05) is 125 Å². The Morgan fingerprint density at radius 2 is 1.00 bits per heavy atom. The van der Waals surface area contributed by atoms with E-state index in [1.54, 1.807) is 71.1 Å². The zero-order chi connectivity index (χ0) is 50.8. The van der Waals surface area contributed by atoms with E-state index in [0.717, 1.165) is 59.3 Å². The van der Waals surface area contributed by atoms with E-state index in [1.807, 2.05) is 37.3 Å². The van der Waals surface area contributed by atoms with Crippen LogP contribution >= 0.6 is 0 Å². The lowest BCUT2D eigenvalue weighted by atomic mass is 9.84. The van der Waals surface area contributed by atoms with Gasteiger partial charge < -0.3 is 65.8 Å². The minimum atomic E-state index is -0.446. The van der Waals surface area contributed by atoms with Gasteiger partial charge in [-0.1, -0.05) is 6.07 Å². The lowest BCUT2D eigenvalue weighted by Gasteiger charge is -2.46. The van der Waals surface area contributed by atoms with E-state index in [4.69, 9.17) is 56.8 Å². The topological polar surface area (TPSA) is 145 Å². The maximum Gasteiger partial charge on any atom is 0.306 e. The fourth-order valence-electron chi connectivity index (χ4n) is 10.7. The summed E-state index contributed by atoms with van der Waals surface area (Å²) in [6.07, 6.45) is 3.25. The van der Waals surface area contributed by atoms with Gasteiger partial charge in [0.25, 0.3) is 0 Å². The van der Waals surface area contributed by atoms with Crippen molar-refractivity contribution < 1.29 is 75.4 Å². The van der Waals surface area contributed by atoms with Crippen molar-refractivity contribution in [3.8, 4) is 57.5 Å². The van der Waals surface area contributed by atoms with Crippen molar-refractivity contribution in [3.05, 3.63) is 81.4 Å². The van der Waals surface area contributed by atoms with Crippen molar-refractivity contribution >= 4 is 11.9 Å². The number of carbonyl (C=O) groups is 2. The van der Waals surface area contributed by atoms with Crippen LogP contribution < -0.4 is 47.4 Å². The molecule has 0 aliphatic carbocycles. The van der Waals surface area contributed by atoms with Gasteiger partial charge in [-0.25, -0.2) is 0 Å². The van der Waals surface area contributed by atoms with Crippen LogP contribution in [0.1, 0.15) is 76.7 Å². The first-order valence-electron chi connectivity index (χ1n) is 23.8. The van der Waals surface area contributed by atoms with Gasteiger partial charge in [0.05, 0.1) is 149 Å². The number of ether oxygens (including phenoxy) is 12. The average molecular weight is 975 g/mol. The Kier molecular flexibility index (Phi) is 17.9. The number of hydrogen-bond acceptors (Lipinski definition) is 14. The number of benzene rings is 4. The van der Waals surface area contributed by atoms with Crippen LogP contribution in [0.4, 0.5) is 0 Å². The summed E-state index contributed by atoms with van der Waals surface area (Å²) in [6, 6.07) is 14.0. The number of quaternary nitrogens is 2. The summed E-state index contributed by atoms with van der Waals surface area (Å²) < 4.78 is 70.7. The zero-order valence-corrected chi connectivity index (χ0v) is 43.5. The minimum absolute atomic E-state index is 0.0740. The van der Waals surface area contributed by atoms with Crippen molar-refractivity contribution in [2.24, 2.45) is 0 Å². The third kappa shape index (κ3) is 11.0. The molecule has 70 heavy (non-hydrogen) atoms. The first kappa shape index (κ1) is 53.1. The first-order valence-corrected chi connectivity index (χ1v) is 23.8. The normalized spacial score (nSPS) is 19.2. The monoisotopic (exact) mass is 975 g/mol. The molecule has 2 aliphatic rings. The molecule has 0 saturated heterocycles. The molecule has 16 heteroatoms. The van der Waals surface area contributed by atoms with Gasteiger partial charge >= 0.3 is 11.9 Å². The van der Waals surface area contributed by atoms with Crippen LogP contribution in [0.3, 0.4) is 0 Å². The van der Waals surface area contributed by atoms with Gasteiger partial charge in [0.1, 0.15) is 12.1 Å². The predicted molar refractivity (Wildman–Crippen MR) is 264 cm³/mol. The molecule has 2 aliphatic heterocycles. The van der Waals surface area contributed by atoms with Crippen LogP contribution in [0.25, 0.3) is 0 Å². The highest BCUT2D eigenvalue weighted by Crippen LogP contribution is 2.52. The van der Waals surface area contributed by atoms with Gasteiger partial charge in [-0.2, -0.15) is 0 Å². The molecule has 4 aromatic rings. The maximum absolute atomic E-state index is 13.0. The Labute approximate surface area is 413 Å². The van der Waals surface area contributed by atoms with Crippen molar-refractivity contribution in [1.29, 1.82) is 0 Å².